The van der Waals surface area contributed by atoms with E-state index >= 15 is 0 Å². The van der Waals surface area contributed by atoms with E-state index in [0.29, 0.717) is 28.7 Å². The van der Waals surface area contributed by atoms with Crippen LogP contribution in [0.15, 0.2) is 48.5 Å². The molecular weight excluding hydrogens is 295 g/mol. The Hall–Kier alpha value is -1.71. The Bertz CT molecular complexity index is 602. The Morgan fingerprint density at radius 1 is 1.05 bits per heavy atom. The van der Waals surface area contributed by atoms with Crippen LogP contribution in [0.25, 0.3) is 0 Å². The number of anilines is 2. The maximum atomic E-state index is 11.8. The van der Waals surface area contributed by atoms with E-state index in [2.05, 4.69) is 10.6 Å². The Morgan fingerprint density at radius 3 is 2.60 bits per heavy atom. The van der Waals surface area contributed by atoms with Crippen LogP contribution in [0, 0.1) is 0 Å². The fraction of sp³-hybridized carbons (Fsp3) is 0.133. The molecule has 0 heterocycles. The molecule has 0 radical (unpaired) electrons. The number of benzene rings is 2. The van der Waals surface area contributed by atoms with E-state index < -0.39 is 0 Å². The zero-order chi connectivity index (χ0) is 14.4. The number of nitrogens with one attached hydrogen (secondary N) is 2. The second-order valence-corrected chi connectivity index (χ2v) is 5.06. The van der Waals surface area contributed by atoms with Crippen molar-refractivity contribution in [3.63, 3.8) is 0 Å². The van der Waals surface area contributed by atoms with Crippen LogP contribution in [-0.2, 0) is 4.79 Å². The van der Waals surface area contributed by atoms with Gasteiger partial charge in [-0.1, -0.05) is 41.4 Å². The van der Waals surface area contributed by atoms with E-state index in [1.165, 1.54) is 0 Å². The van der Waals surface area contributed by atoms with Crippen LogP contribution in [0.2, 0.25) is 10.0 Å². The lowest BCUT2D eigenvalue weighted by Gasteiger charge is -2.08. The lowest BCUT2D eigenvalue weighted by molar-refractivity contribution is -0.115. The van der Waals surface area contributed by atoms with Crippen molar-refractivity contribution in [1.29, 1.82) is 0 Å². The molecule has 0 fully saturated rings. The first-order valence-electron chi connectivity index (χ1n) is 6.19. The van der Waals surface area contributed by atoms with E-state index in [9.17, 15) is 4.79 Å². The fourth-order valence-corrected chi connectivity index (χ4v) is 2.07. The minimum absolute atomic E-state index is 0.0902. The molecule has 1 amide bonds. The topological polar surface area (TPSA) is 41.1 Å². The normalized spacial score (nSPS) is 10.1. The third-order valence-corrected chi connectivity index (χ3v) is 3.22. The zero-order valence-electron chi connectivity index (χ0n) is 10.7. The highest BCUT2D eigenvalue weighted by atomic mass is 35.5. The van der Waals surface area contributed by atoms with Crippen LogP contribution in [-0.4, -0.2) is 12.5 Å². The number of rotatable bonds is 5. The van der Waals surface area contributed by atoms with Gasteiger partial charge in [-0.15, -0.1) is 0 Å². The summed E-state index contributed by atoms with van der Waals surface area (Å²) in [6.45, 7) is 0.524. The van der Waals surface area contributed by atoms with E-state index in [1.807, 2.05) is 30.3 Å². The van der Waals surface area contributed by atoms with Crippen molar-refractivity contribution in [3.8, 4) is 0 Å². The maximum Gasteiger partial charge on any atom is 0.226 e. The maximum absolute atomic E-state index is 11.8. The fourth-order valence-electron chi connectivity index (χ4n) is 1.69. The Kier molecular flexibility index (Phi) is 5.27. The van der Waals surface area contributed by atoms with Crippen LogP contribution in [0.1, 0.15) is 6.42 Å². The van der Waals surface area contributed by atoms with Gasteiger partial charge >= 0.3 is 0 Å². The van der Waals surface area contributed by atoms with Crippen molar-refractivity contribution in [2.75, 3.05) is 17.2 Å². The summed E-state index contributed by atoms with van der Waals surface area (Å²) in [5.41, 5.74) is 1.52. The molecule has 0 bridgehead atoms. The number of para-hydroxylation sites is 1. The van der Waals surface area contributed by atoms with Crippen molar-refractivity contribution < 1.29 is 4.79 Å². The van der Waals surface area contributed by atoms with Crippen LogP contribution >= 0.6 is 23.2 Å². The van der Waals surface area contributed by atoms with Crippen molar-refractivity contribution >= 4 is 40.5 Å². The van der Waals surface area contributed by atoms with Gasteiger partial charge in [0.05, 0.1) is 10.7 Å². The van der Waals surface area contributed by atoms with Crippen molar-refractivity contribution in [2.24, 2.45) is 0 Å². The lowest BCUT2D eigenvalue weighted by atomic mass is 10.3. The van der Waals surface area contributed by atoms with Crippen molar-refractivity contribution in [1.82, 2.24) is 0 Å². The molecule has 0 aromatic heterocycles. The Balaban J connectivity index is 1.80. The first kappa shape index (κ1) is 14.7. The number of hydrogen-bond acceptors (Lipinski definition) is 2. The molecule has 20 heavy (non-hydrogen) atoms. The van der Waals surface area contributed by atoms with Crippen LogP contribution < -0.4 is 10.6 Å². The Morgan fingerprint density at radius 2 is 1.85 bits per heavy atom. The highest BCUT2D eigenvalue weighted by Crippen LogP contribution is 2.20. The minimum Gasteiger partial charge on any atom is -0.384 e. The molecule has 2 aromatic rings. The predicted molar refractivity (Wildman–Crippen MR) is 84.6 cm³/mol. The summed E-state index contributed by atoms with van der Waals surface area (Å²) >= 11 is 11.8. The van der Waals surface area contributed by atoms with Gasteiger partial charge in [-0.25, -0.2) is 0 Å². The van der Waals surface area contributed by atoms with Gasteiger partial charge in [0.1, 0.15) is 0 Å². The summed E-state index contributed by atoms with van der Waals surface area (Å²) in [6.07, 6.45) is 0.345. The monoisotopic (exact) mass is 308 g/mol. The van der Waals surface area contributed by atoms with E-state index in [4.69, 9.17) is 23.2 Å². The first-order chi connectivity index (χ1) is 9.65. The first-order valence-corrected chi connectivity index (χ1v) is 6.94. The molecule has 2 aromatic carbocycles. The zero-order valence-corrected chi connectivity index (χ0v) is 12.2. The summed E-state index contributed by atoms with van der Waals surface area (Å²) < 4.78 is 0. The SMILES string of the molecule is O=C(CCNc1cccc(Cl)c1)Nc1ccccc1Cl. The van der Waals surface area contributed by atoms with Crippen molar-refractivity contribution in [2.45, 2.75) is 6.42 Å². The third-order valence-electron chi connectivity index (χ3n) is 2.65. The molecule has 0 atom stereocenters. The quantitative estimate of drug-likeness (QED) is 0.857. The molecule has 5 heteroatoms. The van der Waals surface area contributed by atoms with Crippen LogP contribution in [0.5, 0.6) is 0 Å². The number of carbonyl (C=O) groups is 1. The summed E-state index contributed by atoms with van der Waals surface area (Å²) in [5, 5.41) is 7.10. The van der Waals surface area contributed by atoms with E-state index in [0.717, 1.165) is 5.69 Å². The molecule has 0 aliphatic rings. The average molecular weight is 309 g/mol. The largest absolute Gasteiger partial charge is 0.384 e. The number of halogens is 2. The molecule has 0 unspecified atom stereocenters. The molecule has 0 saturated carbocycles. The van der Waals surface area contributed by atoms with Crippen LogP contribution in [0.3, 0.4) is 0 Å². The summed E-state index contributed by atoms with van der Waals surface area (Å²) in [5.74, 6) is -0.0902. The van der Waals surface area contributed by atoms with Crippen molar-refractivity contribution in [3.05, 3.63) is 58.6 Å². The van der Waals surface area contributed by atoms with Gasteiger partial charge < -0.3 is 10.6 Å². The molecule has 0 saturated heterocycles. The molecule has 104 valence electrons. The second-order valence-electron chi connectivity index (χ2n) is 4.22. The number of hydrogen-bond donors (Lipinski definition) is 2. The molecular formula is C15H14Cl2N2O. The molecule has 0 aliphatic carbocycles. The molecule has 0 aliphatic heterocycles. The van der Waals surface area contributed by atoms with Gasteiger partial charge in [0, 0.05) is 23.7 Å². The van der Waals surface area contributed by atoms with Crippen LogP contribution in [0.4, 0.5) is 11.4 Å². The van der Waals surface area contributed by atoms with Gasteiger partial charge in [0.25, 0.3) is 0 Å². The molecule has 2 N–H and O–H groups in total. The summed E-state index contributed by atoms with van der Waals surface area (Å²) in [4.78, 5) is 11.8. The summed E-state index contributed by atoms with van der Waals surface area (Å²) in [6, 6.07) is 14.5. The number of amides is 1. The summed E-state index contributed by atoms with van der Waals surface area (Å²) in [7, 11) is 0. The predicted octanol–water partition coefficient (Wildman–Crippen LogP) is 4.43. The minimum atomic E-state index is -0.0902. The Labute approximate surface area is 127 Å². The smallest absolute Gasteiger partial charge is 0.226 e. The highest BCUT2D eigenvalue weighted by molar-refractivity contribution is 6.33. The molecule has 2 rings (SSSR count). The van der Waals surface area contributed by atoms with E-state index in [-0.39, 0.29) is 5.91 Å². The van der Waals surface area contributed by atoms with Gasteiger partial charge in [0.2, 0.25) is 5.91 Å². The third kappa shape index (κ3) is 4.44. The van der Waals surface area contributed by atoms with Gasteiger partial charge in [-0.05, 0) is 30.3 Å². The second kappa shape index (κ2) is 7.17. The molecule has 0 spiro atoms. The van der Waals surface area contributed by atoms with E-state index in [1.54, 1.807) is 18.2 Å². The lowest BCUT2D eigenvalue weighted by Crippen LogP contribution is -2.16. The van der Waals surface area contributed by atoms with Gasteiger partial charge in [-0.2, -0.15) is 0 Å². The van der Waals surface area contributed by atoms with Gasteiger partial charge in [-0.3, -0.25) is 4.79 Å². The average Bonchev–Trinajstić information content (AvgIpc) is 2.41. The number of carbonyl (C=O) groups excluding carboxylic acids is 1. The molecule has 3 nitrogen and oxygen atoms in total. The van der Waals surface area contributed by atoms with Gasteiger partial charge in [0.15, 0.2) is 0 Å². The highest BCUT2D eigenvalue weighted by Gasteiger charge is 2.04. The standard InChI is InChI=1S/C15H14Cl2N2O/c16-11-4-3-5-12(10-11)18-9-8-15(20)19-14-7-2-1-6-13(14)17/h1-7,10,18H,8-9H2,(H,19,20).